The Bertz CT molecular complexity index is 455. The van der Waals surface area contributed by atoms with Gasteiger partial charge in [-0.05, 0) is 25.1 Å². The molecule has 0 saturated heterocycles. The fourth-order valence-corrected chi connectivity index (χ4v) is 1.43. The van der Waals surface area contributed by atoms with E-state index in [2.05, 4.69) is 25.9 Å². The van der Waals surface area contributed by atoms with Crippen molar-refractivity contribution in [2.75, 3.05) is 5.32 Å². The quantitative estimate of drug-likeness (QED) is 0.820. The lowest BCUT2D eigenvalue weighted by Crippen LogP contribution is -2.09. The van der Waals surface area contributed by atoms with Gasteiger partial charge in [0.05, 0.1) is 6.10 Å². The van der Waals surface area contributed by atoms with Gasteiger partial charge in [0, 0.05) is 12.1 Å². The molecule has 0 bridgehead atoms. The van der Waals surface area contributed by atoms with E-state index in [0.717, 1.165) is 11.3 Å². The molecule has 0 atom stereocenters. The first-order valence-corrected chi connectivity index (χ1v) is 5.47. The summed E-state index contributed by atoms with van der Waals surface area (Å²) in [6.45, 7) is 4.61. The number of tetrazole rings is 1. The predicted octanol–water partition coefficient (Wildman–Crippen LogP) is 1.60. The van der Waals surface area contributed by atoms with Crippen molar-refractivity contribution in [2.45, 2.75) is 26.5 Å². The van der Waals surface area contributed by atoms with Gasteiger partial charge in [0.15, 0.2) is 0 Å². The van der Waals surface area contributed by atoms with Crippen LogP contribution in [0.25, 0.3) is 0 Å². The molecule has 0 aliphatic rings. The first-order valence-electron chi connectivity index (χ1n) is 5.47. The third-order valence-electron chi connectivity index (χ3n) is 2.12. The summed E-state index contributed by atoms with van der Waals surface area (Å²) in [6.07, 6.45) is 0.154. The molecule has 90 valence electrons. The zero-order chi connectivity index (χ0) is 12.1. The summed E-state index contributed by atoms with van der Waals surface area (Å²) < 4.78 is 5.71. The van der Waals surface area contributed by atoms with Crippen LogP contribution in [0, 0.1) is 0 Å². The number of rotatable bonds is 5. The molecule has 2 N–H and O–H groups in total. The van der Waals surface area contributed by atoms with E-state index in [-0.39, 0.29) is 6.10 Å². The number of benzene rings is 1. The second-order valence-electron chi connectivity index (χ2n) is 3.86. The Hall–Kier alpha value is -2.11. The van der Waals surface area contributed by atoms with Crippen LogP contribution in [0.1, 0.15) is 19.4 Å². The Morgan fingerprint density at radius 2 is 2.18 bits per heavy atom. The van der Waals surface area contributed by atoms with Crippen LogP contribution in [-0.4, -0.2) is 26.7 Å². The van der Waals surface area contributed by atoms with E-state index in [9.17, 15) is 0 Å². The van der Waals surface area contributed by atoms with Gasteiger partial charge in [-0.1, -0.05) is 23.3 Å². The van der Waals surface area contributed by atoms with E-state index in [4.69, 9.17) is 4.74 Å². The van der Waals surface area contributed by atoms with Crippen molar-refractivity contribution in [3.63, 3.8) is 0 Å². The molecule has 0 unspecified atom stereocenters. The molecule has 2 rings (SSSR count). The van der Waals surface area contributed by atoms with E-state index in [1.807, 2.05) is 38.1 Å². The highest BCUT2D eigenvalue weighted by Crippen LogP contribution is 2.19. The Morgan fingerprint density at radius 1 is 1.35 bits per heavy atom. The molecule has 6 nitrogen and oxygen atoms in total. The van der Waals surface area contributed by atoms with Gasteiger partial charge >= 0.3 is 0 Å². The highest BCUT2D eigenvalue weighted by Gasteiger charge is 2.05. The molecule has 1 aromatic heterocycles. The minimum Gasteiger partial charge on any atom is -0.491 e. The zero-order valence-corrected chi connectivity index (χ0v) is 9.84. The van der Waals surface area contributed by atoms with Crippen molar-refractivity contribution in [3.05, 3.63) is 29.8 Å². The van der Waals surface area contributed by atoms with E-state index in [1.165, 1.54) is 0 Å². The first kappa shape index (κ1) is 11.4. The number of ether oxygens (including phenoxy) is 1. The monoisotopic (exact) mass is 233 g/mol. The first-order chi connectivity index (χ1) is 8.25. The minimum atomic E-state index is 0.154. The molecule has 0 fully saturated rings. The Kier molecular flexibility index (Phi) is 3.54. The van der Waals surface area contributed by atoms with Crippen LogP contribution < -0.4 is 10.1 Å². The molecule has 0 saturated carbocycles. The largest absolute Gasteiger partial charge is 0.491 e. The highest BCUT2D eigenvalue weighted by atomic mass is 16.5. The number of para-hydroxylation sites is 1. The molecule has 6 heteroatoms. The van der Waals surface area contributed by atoms with Gasteiger partial charge in [0.1, 0.15) is 5.75 Å². The van der Waals surface area contributed by atoms with E-state index in [0.29, 0.717) is 12.5 Å². The summed E-state index contributed by atoms with van der Waals surface area (Å²) in [4.78, 5) is 0. The van der Waals surface area contributed by atoms with E-state index < -0.39 is 0 Å². The summed E-state index contributed by atoms with van der Waals surface area (Å²) in [5.41, 5.74) is 1.06. The summed E-state index contributed by atoms with van der Waals surface area (Å²) in [5, 5.41) is 16.6. The smallest absolute Gasteiger partial charge is 0.263 e. The molecule has 1 aromatic carbocycles. The van der Waals surface area contributed by atoms with Gasteiger partial charge in [-0.3, -0.25) is 0 Å². The third-order valence-corrected chi connectivity index (χ3v) is 2.12. The fourth-order valence-electron chi connectivity index (χ4n) is 1.43. The number of hydrogen-bond acceptors (Lipinski definition) is 5. The van der Waals surface area contributed by atoms with Crippen LogP contribution in [0.5, 0.6) is 5.75 Å². The van der Waals surface area contributed by atoms with Crippen LogP contribution in [0.15, 0.2) is 24.3 Å². The Labute approximate surface area is 99.4 Å². The number of aromatic nitrogens is 4. The lowest BCUT2D eigenvalue weighted by molar-refractivity contribution is 0.240. The van der Waals surface area contributed by atoms with Gasteiger partial charge in [-0.2, -0.15) is 5.21 Å². The molecule has 0 amide bonds. The number of hydrogen-bond donors (Lipinski definition) is 2. The maximum absolute atomic E-state index is 5.71. The van der Waals surface area contributed by atoms with E-state index >= 15 is 0 Å². The molecule has 0 aliphatic heterocycles. The maximum atomic E-state index is 5.71. The number of nitrogens with one attached hydrogen (secondary N) is 2. The predicted molar refractivity (Wildman–Crippen MR) is 63.7 cm³/mol. The van der Waals surface area contributed by atoms with Crippen molar-refractivity contribution >= 4 is 5.95 Å². The SMILES string of the molecule is CC(C)Oc1ccccc1CNc1nn[nH]n1. The summed E-state index contributed by atoms with van der Waals surface area (Å²) >= 11 is 0. The van der Waals surface area contributed by atoms with Crippen molar-refractivity contribution in [1.29, 1.82) is 0 Å². The van der Waals surface area contributed by atoms with Crippen LogP contribution in [0.2, 0.25) is 0 Å². The van der Waals surface area contributed by atoms with Gasteiger partial charge < -0.3 is 10.1 Å². The second kappa shape index (κ2) is 5.29. The maximum Gasteiger partial charge on any atom is 0.263 e. The molecule has 0 radical (unpaired) electrons. The van der Waals surface area contributed by atoms with Crippen LogP contribution in [0.3, 0.4) is 0 Å². The lowest BCUT2D eigenvalue weighted by Gasteiger charge is -2.13. The van der Waals surface area contributed by atoms with Gasteiger partial charge in [0.2, 0.25) is 0 Å². The molecule has 1 heterocycles. The summed E-state index contributed by atoms with van der Waals surface area (Å²) in [7, 11) is 0. The molecule has 17 heavy (non-hydrogen) atoms. The van der Waals surface area contributed by atoms with E-state index in [1.54, 1.807) is 0 Å². The highest BCUT2D eigenvalue weighted by molar-refractivity contribution is 5.36. The van der Waals surface area contributed by atoms with Gasteiger partial charge in [-0.25, -0.2) is 0 Å². The van der Waals surface area contributed by atoms with Crippen molar-refractivity contribution in [1.82, 2.24) is 20.6 Å². The molecule has 2 aromatic rings. The number of anilines is 1. The van der Waals surface area contributed by atoms with Crippen LogP contribution in [0.4, 0.5) is 5.95 Å². The molecular weight excluding hydrogens is 218 g/mol. The third kappa shape index (κ3) is 3.17. The molecule has 0 spiro atoms. The second-order valence-corrected chi connectivity index (χ2v) is 3.86. The molecular formula is C11H15N5O. The summed E-state index contributed by atoms with van der Waals surface area (Å²) in [5.74, 6) is 1.35. The number of aromatic amines is 1. The average Bonchev–Trinajstić information content (AvgIpc) is 2.80. The van der Waals surface area contributed by atoms with Gasteiger partial charge in [0.25, 0.3) is 5.95 Å². The standard InChI is InChI=1S/C11H15N5O/c1-8(2)17-10-6-4-3-5-9(10)7-12-11-13-15-16-14-11/h3-6,8H,7H2,1-2H3,(H2,12,13,14,15,16). The van der Waals surface area contributed by atoms with Crippen LogP contribution in [-0.2, 0) is 6.54 Å². The topological polar surface area (TPSA) is 75.7 Å². The normalized spacial score (nSPS) is 10.5. The Morgan fingerprint density at radius 3 is 2.88 bits per heavy atom. The summed E-state index contributed by atoms with van der Waals surface area (Å²) in [6, 6.07) is 7.88. The zero-order valence-electron chi connectivity index (χ0n) is 9.84. The Balaban J connectivity index is 2.04. The van der Waals surface area contributed by atoms with Crippen molar-refractivity contribution in [2.24, 2.45) is 0 Å². The average molecular weight is 233 g/mol. The molecule has 0 aliphatic carbocycles. The number of nitrogens with zero attached hydrogens (tertiary/aromatic N) is 3. The number of H-pyrrole nitrogens is 1. The fraction of sp³-hybridized carbons (Fsp3) is 0.364. The van der Waals surface area contributed by atoms with Crippen molar-refractivity contribution < 1.29 is 4.74 Å². The minimum absolute atomic E-state index is 0.154. The van der Waals surface area contributed by atoms with Crippen LogP contribution >= 0.6 is 0 Å². The van der Waals surface area contributed by atoms with Gasteiger partial charge in [-0.15, -0.1) is 5.10 Å². The van der Waals surface area contributed by atoms with Crippen molar-refractivity contribution in [3.8, 4) is 5.75 Å². The lowest BCUT2D eigenvalue weighted by atomic mass is 10.2.